The summed E-state index contributed by atoms with van der Waals surface area (Å²) in [5.74, 6) is -0.544. The summed E-state index contributed by atoms with van der Waals surface area (Å²) in [7, 11) is 0. The fourth-order valence-corrected chi connectivity index (χ4v) is 0.951. The van der Waals surface area contributed by atoms with Crippen molar-refractivity contribution in [2.45, 2.75) is 13.2 Å². The first-order valence-electron chi connectivity index (χ1n) is 3.23. The van der Waals surface area contributed by atoms with E-state index in [4.69, 9.17) is 11.6 Å². The molecule has 0 aromatic carbocycles. The Hall–Kier alpha value is -1.04. The molecule has 0 saturated heterocycles. The Balaban J connectivity index is 2.90. The molecule has 0 saturated carbocycles. The van der Waals surface area contributed by atoms with Crippen LogP contribution in [0.25, 0.3) is 0 Å². The first-order chi connectivity index (χ1) is 5.87. The molecular formula is C6H5ClF3N3. The van der Waals surface area contributed by atoms with E-state index >= 15 is 0 Å². The molecule has 0 bridgehead atoms. The third-order valence-electron chi connectivity index (χ3n) is 1.08. The zero-order chi connectivity index (χ0) is 10.1. The van der Waals surface area contributed by atoms with E-state index in [0.717, 1.165) is 5.32 Å². The molecule has 0 unspecified atom stereocenters. The van der Waals surface area contributed by atoms with Gasteiger partial charge in [-0.25, -0.2) is 9.97 Å². The van der Waals surface area contributed by atoms with Crippen molar-refractivity contribution in [2.24, 2.45) is 0 Å². The number of nitrogens with one attached hydrogen (secondary N) is 1. The van der Waals surface area contributed by atoms with Crippen molar-refractivity contribution in [1.82, 2.24) is 9.97 Å². The van der Waals surface area contributed by atoms with Gasteiger partial charge in [-0.15, -0.1) is 0 Å². The van der Waals surface area contributed by atoms with Gasteiger partial charge in [0, 0.05) is 5.69 Å². The average Bonchev–Trinajstić information content (AvgIpc) is 1.78. The van der Waals surface area contributed by atoms with Crippen molar-refractivity contribution in [3.05, 3.63) is 16.9 Å². The highest BCUT2D eigenvalue weighted by atomic mass is 35.5. The topological polar surface area (TPSA) is 37.8 Å². The first-order valence-corrected chi connectivity index (χ1v) is 3.61. The van der Waals surface area contributed by atoms with Gasteiger partial charge in [0.1, 0.15) is 5.15 Å². The molecule has 0 aliphatic heterocycles. The number of hydrogen-bond donors (Lipinski definition) is 1. The fraction of sp³-hybridized carbons (Fsp3) is 0.333. The van der Waals surface area contributed by atoms with Crippen LogP contribution >= 0.6 is 11.6 Å². The number of halogens is 4. The molecule has 0 fully saturated rings. The van der Waals surface area contributed by atoms with E-state index in [1.54, 1.807) is 0 Å². The third-order valence-corrected chi connectivity index (χ3v) is 1.27. The Morgan fingerprint density at radius 1 is 1.38 bits per heavy atom. The summed E-state index contributed by atoms with van der Waals surface area (Å²) in [5.41, 5.74) is 0.367. The number of aromatic nitrogens is 2. The van der Waals surface area contributed by atoms with Crippen LogP contribution in [-0.2, 0) is 0 Å². The van der Waals surface area contributed by atoms with Gasteiger partial charge in [-0.3, -0.25) is 5.32 Å². The zero-order valence-electron chi connectivity index (χ0n) is 6.48. The van der Waals surface area contributed by atoms with Crippen LogP contribution in [0.3, 0.4) is 0 Å². The summed E-state index contributed by atoms with van der Waals surface area (Å²) in [6, 6.07) is 1.36. The summed E-state index contributed by atoms with van der Waals surface area (Å²) in [5, 5.41) is 1.13. The number of alkyl halides is 3. The maximum atomic E-state index is 11.8. The highest BCUT2D eigenvalue weighted by Crippen LogP contribution is 2.18. The van der Waals surface area contributed by atoms with Crippen molar-refractivity contribution >= 4 is 17.5 Å². The van der Waals surface area contributed by atoms with Crippen molar-refractivity contribution in [2.75, 3.05) is 5.32 Å². The van der Waals surface area contributed by atoms with E-state index in [9.17, 15) is 13.2 Å². The second-order valence-corrected chi connectivity index (χ2v) is 2.67. The number of rotatable bonds is 1. The number of nitrogens with zero attached hydrogens (tertiary/aromatic N) is 2. The molecule has 72 valence electrons. The maximum absolute atomic E-state index is 11.8. The molecule has 0 spiro atoms. The summed E-state index contributed by atoms with van der Waals surface area (Å²) < 4.78 is 35.3. The van der Waals surface area contributed by atoms with Crippen molar-refractivity contribution in [1.29, 1.82) is 0 Å². The van der Waals surface area contributed by atoms with Gasteiger partial charge >= 0.3 is 6.30 Å². The molecule has 13 heavy (non-hydrogen) atoms. The summed E-state index contributed by atoms with van der Waals surface area (Å²) >= 11 is 5.42. The molecule has 1 aromatic heterocycles. The second-order valence-electron chi connectivity index (χ2n) is 2.28. The lowest BCUT2D eigenvalue weighted by Gasteiger charge is -2.08. The van der Waals surface area contributed by atoms with Crippen LogP contribution in [0.5, 0.6) is 0 Å². The van der Waals surface area contributed by atoms with Crippen LogP contribution in [-0.4, -0.2) is 16.3 Å². The van der Waals surface area contributed by atoms with Crippen molar-refractivity contribution in [3.63, 3.8) is 0 Å². The second kappa shape index (κ2) is 3.37. The predicted octanol–water partition coefficient (Wildman–Crippen LogP) is 2.37. The van der Waals surface area contributed by atoms with Gasteiger partial charge in [-0.2, -0.15) is 13.2 Å². The van der Waals surface area contributed by atoms with Crippen LogP contribution < -0.4 is 5.32 Å². The molecule has 1 aromatic rings. The Labute approximate surface area is 77.0 Å². The molecule has 7 heteroatoms. The van der Waals surface area contributed by atoms with E-state index in [1.165, 1.54) is 13.0 Å². The van der Waals surface area contributed by atoms with Crippen molar-refractivity contribution < 1.29 is 13.2 Å². The lowest BCUT2D eigenvalue weighted by molar-refractivity contribution is -0.101. The summed E-state index contributed by atoms with van der Waals surface area (Å²) in [6.07, 6.45) is -4.54. The van der Waals surface area contributed by atoms with E-state index in [0.29, 0.717) is 5.69 Å². The molecule has 1 heterocycles. The van der Waals surface area contributed by atoms with Crippen molar-refractivity contribution in [3.8, 4) is 0 Å². The van der Waals surface area contributed by atoms with Gasteiger partial charge in [0.2, 0.25) is 5.95 Å². The molecule has 0 aliphatic rings. The van der Waals surface area contributed by atoms with E-state index < -0.39 is 12.2 Å². The number of anilines is 1. The Morgan fingerprint density at radius 3 is 2.46 bits per heavy atom. The Bertz CT molecular complexity index is 292. The van der Waals surface area contributed by atoms with E-state index in [-0.39, 0.29) is 5.15 Å². The van der Waals surface area contributed by atoms with Gasteiger partial charge in [0.05, 0.1) is 0 Å². The molecule has 3 nitrogen and oxygen atoms in total. The minimum atomic E-state index is -4.54. The number of aryl methyl sites for hydroxylation is 1. The van der Waals surface area contributed by atoms with Gasteiger partial charge in [-0.1, -0.05) is 11.6 Å². The monoisotopic (exact) mass is 211 g/mol. The van der Waals surface area contributed by atoms with E-state index in [1.807, 2.05) is 0 Å². The first kappa shape index (κ1) is 10.0. The lowest BCUT2D eigenvalue weighted by Crippen LogP contribution is -2.22. The smallest absolute Gasteiger partial charge is 0.265 e. The van der Waals surface area contributed by atoms with Gasteiger partial charge in [0.25, 0.3) is 0 Å². The molecule has 0 aliphatic carbocycles. The SMILES string of the molecule is Cc1cc(Cl)nc(NC(F)(F)F)n1. The van der Waals surface area contributed by atoms with Crippen LogP contribution in [0.15, 0.2) is 6.07 Å². The fourth-order valence-electron chi connectivity index (χ4n) is 0.713. The predicted molar refractivity (Wildman–Crippen MR) is 41.5 cm³/mol. The standard InChI is InChI=1S/C6H5ClF3N3/c1-3-2-4(7)12-5(11-3)13-6(8,9)10/h2H,1H3,(H,11,12,13). The molecule has 1 rings (SSSR count). The lowest BCUT2D eigenvalue weighted by atomic mass is 10.5. The average molecular weight is 212 g/mol. The minimum Gasteiger partial charge on any atom is -0.265 e. The molecule has 0 radical (unpaired) electrons. The quantitative estimate of drug-likeness (QED) is 0.573. The minimum absolute atomic E-state index is 0.0285. The molecular weight excluding hydrogens is 207 g/mol. The molecule has 0 amide bonds. The molecule has 1 N–H and O–H groups in total. The van der Waals surface area contributed by atoms with Gasteiger partial charge < -0.3 is 0 Å². The normalized spacial score (nSPS) is 11.5. The summed E-state index contributed by atoms with van der Waals surface area (Å²) in [4.78, 5) is 6.84. The zero-order valence-corrected chi connectivity index (χ0v) is 7.24. The maximum Gasteiger partial charge on any atom is 0.484 e. The Kier molecular flexibility index (Phi) is 2.60. The third kappa shape index (κ3) is 3.45. The highest BCUT2D eigenvalue weighted by Gasteiger charge is 2.28. The van der Waals surface area contributed by atoms with E-state index in [2.05, 4.69) is 9.97 Å². The van der Waals surface area contributed by atoms with Crippen LogP contribution in [0.1, 0.15) is 5.69 Å². The number of hydrogen-bond acceptors (Lipinski definition) is 3. The van der Waals surface area contributed by atoms with Crippen LogP contribution in [0.2, 0.25) is 5.15 Å². The largest absolute Gasteiger partial charge is 0.484 e. The highest BCUT2D eigenvalue weighted by molar-refractivity contribution is 6.29. The molecule has 0 atom stereocenters. The van der Waals surface area contributed by atoms with Gasteiger partial charge in [-0.05, 0) is 13.0 Å². The van der Waals surface area contributed by atoms with Crippen LogP contribution in [0.4, 0.5) is 19.1 Å². The van der Waals surface area contributed by atoms with Crippen LogP contribution in [0, 0.1) is 6.92 Å². The Morgan fingerprint density at radius 2 is 2.00 bits per heavy atom. The van der Waals surface area contributed by atoms with Gasteiger partial charge in [0.15, 0.2) is 0 Å². The summed E-state index contributed by atoms with van der Waals surface area (Å²) in [6.45, 7) is 1.52.